The summed E-state index contributed by atoms with van der Waals surface area (Å²) < 4.78 is 7.04. The van der Waals surface area contributed by atoms with Crippen LogP contribution in [-0.2, 0) is 17.9 Å². The Labute approximate surface area is 155 Å². The third kappa shape index (κ3) is 4.05. The average molecular weight is 368 g/mol. The number of nitrogens with one attached hydrogen (secondary N) is 1. The van der Waals surface area contributed by atoms with Gasteiger partial charge in [-0.15, -0.1) is 0 Å². The molecule has 27 heavy (non-hydrogen) atoms. The molecule has 1 aromatic heterocycles. The summed E-state index contributed by atoms with van der Waals surface area (Å²) in [4.78, 5) is 26.3. The summed E-state index contributed by atoms with van der Waals surface area (Å²) in [5.41, 5.74) is 0.915. The van der Waals surface area contributed by atoms with Crippen molar-refractivity contribution in [2.24, 2.45) is 0 Å². The minimum absolute atomic E-state index is 0.152. The molecule has 0 aliphatic rings. The van der Waals surface area contributed by atoms with Gasteiger partial charge in [-0.2, -0.15) is 0 Å². The lowest BCUT2D eigenvalue weighted by molar-refractivity contribution is -0.389. The summed E-state index contributed by atoms with van der Waals surface area (Å²) in [6.07, 6.45) is 1.54. The van der Waals surface area contributed by atoms with Gasteiger partial charge in [-0.05, 0) is 26.7 Å². The van der Waals surface area contributed by atoms with Crippen molar-refractivity contribution in [1.82, 2.24) is 14.9 Å². The van der Waals surface area contributed by atoms with Crippen LogP contribution in [0.3, 0.4) is 0 Å². The van der Waals surface area contributed by atoms with Crippen LogP contribution in [0.5, 0.6) is 5.75 Å². The largest absolute Gasteiger partial charge is 0.496 e. The summed E-state index contributed by atoms with van der Waals surface area (Å²) in [7, 11) is 1.60. The molecule has 140 valence electrons. The normalized spacial score (nSPS) is 10.7. The van der Waals surface area contributed by atoms with Gasteiger partial charge in [-0.25, -0.2) is 0 Å². The lowest BCUT2D eigenvalue weighted by Gasteiger charge is -2.13. The predicted octanol–water partition coefficient (Wildman–Crippen LogP) is 2.97. The molecular weight excluding hydrogens is 348 g/mol. The topological polar surface area (TPSA) is 99.3 Å². The van der Waals surface area contributed by atoms with Gasteiger partial charge in [0.15, 0.2) is 0 Å². The zero-order chi connectivity index (χ0) is 19.4. The maximum atomic E-state index is 12.3. The number of hydrogen-bond acceptors (Lipinski definition) is 5. The van der Waals surface area contributed by atoms with Crippen molar-refractivity contribution in [3.05, 3.63) is 64.1 Å². The second-order valence-corrected chi connectivity index (χ2v) is 6.09. The van der Waals surface area contributed by atoms with E-state index in [0.717, 1.165) is 22.1 Å². The number of aryl methyl sites for hydroxylation is 2. The number of aromatic nitrogens is 2. The smallest absolute Gasteiger partial charge is 0.381 e. The lowest BCUT2D eigenvalue weighted by Crippen LogP contribution is -2.24. The molecule has 0 aliphatic heterocycles. The SMILES string of the molecule is COc1ccc2ccccc2c1CNC(=O)CCn1cc([N+](=O)[O-])nc1C. The Balaban J connectivity index is 1.66. The molecule has 0 atom stereocenters. The van der Waals surface area contributed by atoms with Crippen molar-refractivity contribution < 1.29 is 14.5 Å². The Morgan fingerprint density at radius 1 is 1.30 bits per heavy atom. The molecule has 0 bridgehead atoms. The van der Waals surface area contributed by atoms with Crippen LogP contribution >= 0.6 is 0 Å². The first-order valence-electron chi connectivity index (χ1n) is 8.49. The van der Waals surface area contributed by atoms with Crippen LogP contribution in [0.2, 0.25) is 0 Å². The maximum absolute atomic E-state index is 12.3. The lowest BCUT2D eigenvalue weighted by atomic mass is 10.0. The number of methoxy groups -OCH3 is 1. The molecule has 0 saturated heterocycles. The second-order valence-electron chi connectivity index (χ2n) is 6.09. The van der Waals surface area contributed by atoms with Gasteiger partial charge in [0.2, 0.25) is 11.7 Å². The number of nitrogens with zero attached hydrogens (tertiary/aromatic N) is 3. The molecule has 3 rings (SSSR count). The molecule has 8 heteroatoms. The van der Waals surface area contributed by atoms with Gasteiger partial charge in [0.25, 0.3) is 0 Å². The highest BCUT2D eigenvalue weighted by molar-refractivity contribution is 5.88. The van der Waals surface area contributed by atoms with Crippen LogP contribution in [0.4, 0.5) is 5.82 Å². The van der Waals surface area contributed by atoms with E-state index in [4.69, 9.17) is 4.74 Å². The first-order valence-corrected chi connectivity index (χ1v) is 8.49. The van der Waals surface area contributed by atoms with Gasteiger partial charge in [-0.3, -0.25) is 4.79 Å². The first-order chi connectivity index (χ1) is 13.0. The number of nitro groups is 1. The number of fused-ring (bicyclic) bond motifs is 1. The van der Waals surface area contributed by atoms with E-state index in [0.29, 0.717) is 18.9 Å². The highest BCUT2D eigenvalue weighted by atomic mass is 16.6. The van der Waals surface area contributed by atoms with Crippen LogP contribution in [0.25, 0.3) is 10.8 Å². The molecule has 0 aliphatic carbocycles. The molecule has 0 spiro atoms. The van der Waals surface area contributed by atoms with Crippen LogP contribution in [-0.4, -0.2) is 27.5 Å². The summed E-state index contributed by atoms with van der Waals surface area (Å²) >= 11 is 0. The van der Waals surface area contributed by atoms with Gasteiger partial charge in [0.05, 0.1) is 7.11 Å². The fourth-order valence-corrected chi connectivity index (χ4v) is 2.99. The Morgan fingerprint density at radius 3 is 2.78 bits per heavy atom. The fourth-order valence-electron chi connectivity index (χ4n) is 2.99. The highest BCUT2D eigenvalue weighted by Gasteiger charge is 2.16. The molecular formula is C19H20N4O4. The number of carbonyl (C=O) groups is 1. The number of hydrogen-bond donors (Lipinski definition) is 1. The Morgan fingerprint density at radius 2 is 2.07 bits per heavy atom. The highest BCUT2D eigenvalue weighted by Crippen LogP contribution is 2.27. The van der Waals surface area contributed by atoms with Crippen LogP contribution in [0.15, 0.2) is 42.6 Å². The molecule has 8 nitrogen and oxygen atoms in total. The van der Waals surface area contributed by atoms with Gasteiger partial charge >= 0.3 is 5.82 Å². The Hall–Kier alpha value is -3.42. The Kier molecular flexibility index (Phi) is 5.35. The number of rotatable bonds is 7. The van der Waals surface area contributed by atoms with Crippen molar-refractivity contribution in [1.29, 1.82) is 0 Å². The zero-order valence-electron chi connectivity index (χ0n) is 15.1. The number of carbonyl (C=O) groups excluding carboxylic acids is 1. The van der Waals surface area contributed by atoms with E-state index in [1.807, 2.05) is 36.4 Å². The van der Waals surface area contributed by atoms with E-state index in [1.165, 1.54) is 6.20 Å². The van der Waals surface area contributed by atoms with Crippen molar-refractivity contribution >= 4 is 22.5 Å². The van der Waals surface area contributed by atoms with Crippen molar-refractivity contribution in [2.45, 2.75) is 26.4 Å². The molecule has 0 radical (unpaired) electrons. The summed E-state index contributed by atoms with van der Waals surface area (Å²) in [5.74, 6) is 0.856. The maximum Gasteiger partial charge on any atom is 0.381 e. The fraction of sp³-hybridized carbons (Fsp3) is 0.263. The minimum atomic E-state index is -0.545. The van der Waals surface area contributed by atoms with E-state index in [9.17, 15) is 14.9 Å². The number of imidazole rings is 1. The van der Waals surface area contributed by atoms with E-state index in [-0.39, 0.29) is 18.1 Å². The summed E-state index contributed by atoms with van der Waals surface area (Å²) in [6.45, 7) is 2.34. The van der Waals surface area contributed by atoms with Gasteiger partial charge in [0.1, 0.15) is 11.9 Å². The van der Waals surface area contributed by atoms with Crippen LogP contribution in [0.1, 0.15) is 17.8 Å². The molecule has 1 amide bonds. The Bertz CT molecular complexity index is 997. The molecule has 2 aromatic carbocycles. The second kappa shape index (κ2) is 7.86. The first kappa shape index (κ1) is 18.4. The standard InChI is InChI=1S/C19H20N4O4/c1-13-21-18(23(25)26)12-22(13)10-9-19(24)20-11-16-15-6-4-3-5-14(15)7-8-17(16)27-2/h3-8,12H,9-11H2,1-2H3,(H,20,24). The van der Waals surface area contributed by atoms with E-state index in [2.05, 4.69) is 10.3 Å². The summed E-state index contributed by atoms with van der Waals surface area (Å²) in [5, 5.41) is 15.8. The number of benzene rings is 2. The molecule has 0 fully saturated rings. The minimum Gasteiger partial charge on any atom is -0.496 e. The number of ether oxygens (including phenoxy) is 1. The average Bonchev–Trinajstić information content (AvgIpc) is 3.05. The van der Waals surface area contributed by atoms with Crippen molar-refractivity contribution in [3.63, 3.8) is 0 Å². The molecule has 1 heterocycles. The molecule has 1 N–H and O–H groups in total. The summed E-state index contributed by atoms with van der Waals surface area (Å²) in [6, 6.07) is 11.8. The quantitative estimate of drug-likeness (QED) is 0.510. The number of amides is 1. The van der Waals surface area contributed by atoms with E-state index >= 15 is 0 Å². The van der Waals surface area contributed by atoms with E-state index < -0.39 is 4.92 Å². The van der Waals surface area contributed by atoms with Gasteiger partial charge in [-0.1, -0.05) is 30.3 Å². The van der Waals surface area contributed by atoms with Gasteiger partial charge < -0.3 is 24.7 Å². The molecule has 0 saturated carbocycles. The van der Waals surface area contributed by atoms with Crippen LogP contribution < -0.4 is 10.1 Å². The predicted molar refractivity (Wildman–Crippen MR) is 101 cm³/mol. The monoisotopic (exact) mass is 368 g/mol. The zero-order valence-corrected chi connectivity index (χ0v) is 15.1. The van der Waals surface area contributed by atoms with Crippen molar-refractivity contribution in [2.75, 3.05) is 7.11 Å². The van der Waals surface area contributed by atoms with E-state index in [1.54, 1.807) is 18.6 Å². The van der Waals surface area contributed by atoms with Gasteiger partial charge in [0, 0.05) is 32.0 Å². The third-order valence-electron chi connectivity index (χ3n) is 4.41. The molecule has 3 aromatic rings. The third-order valence-corrected chi connectivity index (χ3v) is 4.41. The molecule has 0 unspecified atom stereocenters. The van der Waals surface area contributed by atoms with Crippen molar-refractivity contribution in [3.8, 4) is 5.75 Å². The van der Waals surface area contributed by atoms with Crippen LogP contribution in [0, 0.1) is 17.0 Å².